The third-order valence-electron chi connectivity index (χ3n) is 6.16. The van der Waals surface area contributed by atoms with E-state index in [-0.39, 0.29) is 24.2 Å². The van der Waals surface area contributed by atoms with E-state index in [9.17, 15) is 18.0 Å². The number of ether oxygens (including phenoxy) is 2. The zero-order chi connectivity index (χ0) is 27.8. The van der Waals surface area contributed by atoms with Gasteiger partial charge in [0.15, 0.2) is 0 Å². The van der Waals surface area contributed by atoms with Crippen LogP contribution < -0.4 is 19.1 Å². The van der Waals surface area contributed by atoms with Crippen LogP contribution in [0, 0.1) is 6.92 Å². The highest BCUT2D eigenvalue weighted by molar-refractivity contribution is 7.92. The number of rotatable bonds is 13. The second-order valence-electron chi connectivity index (χ2n) is 9.06. The molecule has 9 nitrogen and oxygen atoms in total. The maximum Gasteiger partial charge on any atom is 0.244 e. The fourth-order valence-electron chi connectivity index (χ4n) is 3.92. The number of hydrogen-bond acceptors (Lipinski definition) is 6. The lowest BCUT2D eigenvalue weighted by Gasteiger charge is -2.33. The van der Waals surface area contributed by atoms with Crippen molar-refractivity contribution in [3.05, 3.63) is 53.6 Å². The molecule has 10 heteroatoms. The van der Waals surface area contributed by atoms with Crippen LogP contribution in [0.25, 0.3) is 0 Å². The predicted molar refractivity (Wildman–Crippen MR) is 145 cm³/mol. The van der Waals surface area contributed by atoms with Crippen LogP contribution in [0.1, 0.15) is 44.7 Å². The van der Waals surface area contributed by atoms with Gasteiger partial charge in [-0.05, 0) is 62.1 Å². The number of nitrogens with zero attached hydrogens (tertiary/aromatic N) is 2. The molecule has 0 bridgehead atoms. The van der Waals surface area contributed by atoms with Crippen LogP contribution in [-0.2, 0) is 26.2 Å². The molecule has 1 N–H and O–H groups in total. The molecule has 2 unspecified atom stereocenters. The van der Waals surface area contributed by atoms with Crippen molar-refractivity contribution < 1.29 is 27.5 Å². The number of carbonyl (C=O) groups excluding carboxylic acids is 2. The van der Waals surface area contributed by atoms with Crippen molar-refractivity contribution in [1.82, 2.24) is 10.2 Å². The lowest BCUT2D eigenvalue weighted by Crippen LogP contribution is -2.53. The summed E-state index contributed by atoms with van der Waals surface area (Å²) < 4.78 is 37.5. The predicted octanol–water partition coefficient (Wildman–Crippen LogP) is 3.50. The Morgan fingerprint density at radius 2 is 1.73 bits per heavy atom. The average molecular weight is 534 g/mol. The highest BCUT2D eigenvalue weighted by Crippen LogP contribution is 2.31. The molecule has 0 aliphatic rings. The van der Waals surface area contributed by atoms with E-state index in [1.165, 1.54) is 12.0 Å². The fourth-order valence-corrected chi connectivity index (χ4v) is 4.76. The molecule has 2 aromatic rings. The van der Waals surface area contributed by atoms with Gasteiger partial charge in [0.1, 0.15) is 24.1 Å². The normalized spacial score (nSPS) is 12.8. The highest BCUT2D eigenvalue weighted by atomic mass is 32.2. The summed E-state index contributed by atoms with van der Waals surface area (Å²) in [5.74, 6) is 0.143. The van der Waals surface area contributed by atoms with Gasteiger partial charge in [-0.25, -0.2) is 8.42 Å². The highest BCUT2D eigenvalue weighted by Gasteiger charge is 2.33. The van der Waals surface area contributed by atoms with Gasteiger partial charge in [0, 0.05) is 12.6 Å². The summed E-state index contributed by atoms with van der Waals surface area (Å²) in [6.45, 7) is 7.12. The Morgan fingerprint density at radius 3 is 2.30 bits per heavy atom. The van der Waals surface area contributed by atoms with Crippen molar-refractivity contribution in [1.29, 1.82) is 0 Å². The minimum absolute atomic E-state index is 0.0700. The first-order chi connectivity index (χ1) is 17.4. The zero-order valence-corrected chi connectivity index (χ0v) is 23.6. The van der Waals surface area contributed by atoms with Crippen molar-refractivity contribution in [2.24, 2.45) is 0 Å². The summed E-state index contributed by atoms with van der Waals surface area (Å²) in [5.41, 5.74) is 1.82. The standard InChI is InChI=1S/C27H39N3O6S/c1-8-20(4)28-27(32)23(9-2)29(17-21-11-10-12-22(16-21)35-5)26(31)18-30(37(7,33)34)24-15-19(3)13-14-25(24)36-6/h10-16,20,23H,8-9,17-18H2,1-7H3,(H,28,32). The molecule has 0 aromatic heterocycles. The monoisotopic (exact) mass is 533 g/mol. The lowest BCUT2D eigenvalue weighted by atomic mass is 10.1. The number of anilines is 1. The van der Waals surface area contributed by atoms with Gasteiger partial charge in [-0.3, -0.25) is 13.9 Å². The first kappa shape index (κ1) is 30.0. The third-order valence-corrected chi connectivity index (χ3v) is 7.28. The zero-order valence-electron chi connectivity index (χ0n) is 22.8. The van der Waals surface area contributed by atoms with Gasteiger partial charge in [-0.1, -0.05) is 32.0 Å². The Hall–Kier alpha value is -3.27. The van der Waals surface area contributed by atoms with Crippen LogP contribution in [0.15, 0.2) is 42.5 Å². The van der Waals surface area contributed by atoms with Crippen LogP contribution in [0.5, 0.6) is 11.5 Å². The Labute approximate surface area is 220 Å². The van der Waals surface area contributed by atoms with Gasteiger partial charge >= 0.3 is 0 Å². The summed E-state index contributed by atoms with van der Waals surface area (Å²) in [7, 11) is -0.876. The second-order valence-corrected chi connectivity index (χ2v) is 11.0. The molecule has 0 aliphatic carbocycles. The number of carbonyl (C=O) groups is 2. The van der Waals surface area contributed by atoms with Gasteiger partial charge < -0.3 is 19.7 Å². The quantitative estimate of drug-likeness (QED) is 0.423. The molecule has 0 fully saturated rings. The van der Waals surface area contributed by atoms with Gasteiger partial charge in [0.2, 0.25) is 21.8 Å². The topological polar surface area (TPSA) is 105 Å². The Morgan fingerprint density at radius 1 is 1.03 bits per heavy atom. The first-order valence-corrected chi connectivity index (χ1v) is 14.1. The Kier molecular flexibility index (Phi) is 10.8. The summed E-state index contributed by atoms with van der Waals surface area (Å²) in [6, 6.07) is 11.5. The molecule has 2 aromatic carbocycles. The molecule has 2 atom stereocenters. The smallest absolute Gasteiger partial charge is 0.244 e. The summed E-state index contributed by atoms with van der Waals surface area (Å²) in [4.78, 5) is 28.5. The number of hydrogen-bond donors (Lipinski definition) is 1. The molecule has 37 heavy (non-hydrogen) atoms. The number of sulfonamides is 1. The third kappa shape index (κ3) is 8.11. The van der Waals surface area contributed by atoms with Gasteiger partial charge in [-0.2, -0.15) is 0 Å². The van der Waals surface area contributed by atoms with Crippen LogP contribution in [0.3, 0.4) is 0 Å². The average Bonchev–Trinajstić information content (AvgIpc) is 2.86. The van der Waals surface area contributed by atoms with Crippen LogP contribution in [0.2, 0.25) is 0 Å². The molecule has 0 radical (unpaired) electrons. The van der Waals surface area contributed by atoms with Gasteiger partial charge in [0.05, 0.1) is 26.2 Å². The molecule has 0 saturated heterocycles. The van der Waals surface area contributed by atoms with Crippen molar-refractivity contribution >= 4 is 27.5 Å². The van der Waals surface area contributed by atoms with E-state index in [4.69, 9.17) is 9.47 Å². The molecular weight excluding hydrogens is 494 g/mol. The van der Waals surface area contributed by atoms with E-state index in [1.54, 1.807) is 43.5 Å². The van der Waals surface area contributed by atoms with Gasteiger partial charge in [0.25, 0.3) is 0 Å². The minimum atomic E-state index is -3.87. The molecule has 0 aliphatic heterocycles. The molecule has 204 valence electrons. The van der Waals surface area contributed by atoms with E-state index in [1.807, 2.05) is 33.8 Å². The number of nitrogens with one attached hydrogen (secondary N) is 1. The summed E-state index contributed by atoms with van der Waals surface area (Å²) >= 11 is 0. The number of benzene rings is 2. The first-order valence-electron chi connectivity index (χ1n) is 12.3. The second kappa shape index (κ2) is 13.3. The molecule has 2 rings (SSSR count). The van der Waals surface area contributed by atoms with E-state index in [0.717, 1.165) is 28.1 Å². The van der Waals surface area contributed by atoms with E-state index in [2.05, 4.69) is 5.32 Å². The lowest BCUT2D eigenvalue weighted by molar-refractivity contribution is -0.140. The van der Waals surface area contributed by atoms with Crippen molar-refractivity contribution in [2.75, 3.05) is 31.3 Å². The maximum absolute atomic E-state index is 13.8. The van der Waals surface area contributed by atoms with E-state index in [0.29, 0.717) is 17.9 Å². The maximum atomic E-state index is 13.8. The molecule has 0 saturated carbocycles. The van der Waals surface area contributed by atoms with Crippen molar-refractivity contribution in [3.8, 4) is 11.5 Å². The largest absolute Gasteiger partial charge is 0.497 e. The van der Waals surface area contributed by atoms with Crippen LogP contribution >= 0.6 is 0 Å². The summed E-state index contributed by atoms with van der Waals surface area (Å²) in [6.07, 6.45) is 2.13. The number of methoxy groups -OCH3 is 2. The minimum Gasteiger partial charge on any atom is -0.497 e. The fraction of sp³-hybridized carbons (Fsp3) is 0.481. The summed E-state index contributed by atoms with van der Waals surface area (Å²) in [5, 5.41) is 2.96. The van der Waals surface area contributed by atoms with Crippen molar-refractivity contribution in [3.63, 3.8) is 0 Å². The molecule has 2 amide bonds. The molecular formula is C27H39N3O6S. The van der Waals surface area contributed by atoms with E-state index >= 15 is 0 Å². The van der Waals surface area contributed by atoms with Gasteiger partial charge in [-0.15, -0.1) is 0 Å². The molecule has 0 spiro atoms. The van der Waals surface area contributed by atoms with E-state index < -0.39 is 28.5 Å². The Bertz CT molecular complexity index is 1180. The van der Waals surface area contributed by atoms with Crippen LogP contribution in [-0.4, -0.2) is 64.2 Å². The molecule has 0 heterocycles. The van der Waals surface area contributed by atoms with Crippen LogP contribution in [0.4, 0.5) is 5.69 Å². The number of amides is 2. The Balaban J connectivity index is 2.53. The number of aryl methyl sites for hydroxylation is 1. The van der Waals surface area contributed by atoms with Crippen molar-refractivity contribution in [2.45, 2.75) is 59.2 Å². The SMILES string of the molecule is CCC(C)NC(=O)C(CC)N(Cc1cccc(OC)c1)C(=O)CN(c1cc(C)ccc1OC)S(C)(=O)=O.